The Hall–Kier alpha value is -3.12. The Morgan fingerprint density at radius 2 is 1.70 bits per heavy atom. The molecule has 0 N–H and O–H groups in total. The maximum atomic E-state index is 5.98. The summed E-state index contributed by atoms with van der Waals surface area (Å²) in [5.74, 6) is 1.42. The van der Waals surface area contributed by atoms with Gasteiger partial charge in [0.15, 0.2) is 10.8 Å². The fraction of sp³-hybridized carbons (Fsp3) is 0.250. The highest BCUT2D eigenvalue weighted by molar-refractivity contribution is 7.12. The van der Waals surface area contributed by atoms with Crippen molar-refractivity contribution in [1.82, 2.24) is 20.2 Å². The average Bonchev–Trinajstić information content (AvgIpc) is 3.29. The molecule has 2 aromatic heterocycles. The molecule has 0 bridgehead atoms. The van der Waals surface area contributed by atoms with E-state index < -0.39 is 0 Å². The van der Waals surface area contributed by atoms with Gasteiger partial charge in [0.2, 0.25) is 0 Å². The van der Waals surface area contributed by atoms with E-state index in [0.717, 1.165) is 11.4 Å². The lowest BCUT2D eigenvalue weighted by molar-refractivity contribution is 0.294. The zero-order chi connectivity index (χ0) is 20.4. The minimum Gasteiger partial charge on any atom is -0.487 e. The standard InChI is InChI=1S/C24H22N4OS/c1-17-3-5-18(6-4-17)24(12-2-13-24)19-7-9-21(10-8-19)29-15-20-11-14-25-22(27-20)23-28-26-16-30-23/h3-11,14,16H,2,12-13,15H2,1H3. The molecule has 2 heterocycles. The molecule has 2 aromatic carbocycles. The zero-order valence-corrected chi connectivity index (χ0v) is 17.6. The molecule has 5 nitrogen and oxygen atoms in total. The Balaban J connectivity index is 1.30. The lowest BCUT2D eigenvalue weighted by atomic mass is 9.60. The van der Waals surface area contributed by atoms with Crippen molar-refractivity contribution in [2.45, 2.75) is 38.2 Å². The first-order chi connectivity index (χ1) is 14.7. The third-order valence-corrected chi connectivity index (χ3v) is 6.56. The number of ether oxygens (including phenoxy) is 1. The molecule has 0 saturated heterocycles. The van der Waals surface area contributed by atoms with Crippen LogP contribution in [-0.4, -0.2) is 20.2 Å². The lowest BCUT2D eigenvalue weighted by Gasteiger charge is -2.43. The largest absolute Gasteiger partial charge is 0.487 e. The van der Waals surface area contributed by atoms with Crippen molar-refractivity contribution >= 4 is 11.3 Å². The first kappa shape index (κ1) is 18.9. The van der Waals surface area contributed by atoms with Crippen molar-refractivity contribution in [3.8, 4) is 16.6 Å². The van der Waals surface area contributed by atoms with Gasteiger partial charge in [-0.25, -0.2) is 9.97 Å². The minimum absolute atomic E-state index is 0.148. The molecule has 0 aliphatic heterocycles. The highest BCUT2D eigenvalue weighted by Gasteiger charge is 2.40. The van der Waals surface area contributed by atoms with Crippen LogP contribution in [0, 0.1) is 6.92 Å². The Morgan fingerprint density at radius 1 is 0.967 bits per heavy atom. The molecule has 1 saturated carbocycles. The summed E-state index contributed by atoms with van der Waals surface area (Å²) in [6, 6.07) is 19.4. The van der Waals surface area contributed by atoms with Crippen LogP contribution < -0.4 is 4.74 Å². The Morgan fingerprint density at radius 3 is 2.33 bits per heavy atom. The smallest absolute Gasteiger partial charge is 0.191 e. The third-order valence-electron chi connectivity index (χ3n) is 5.87. The number of benzene rings is 2. The van der Waals surface area contributed by atoms with Crippen molar-refractivity contribution in [3.05, 3.63) is 88.7 Å². The van der Waals surface area contributed by atoms with E-state index in [-0.39, 0.29) is 5.41 Å². The summed E-state index contributed by atoms with van der Waals surface area (Å²) in [5.41, 5.74) is 6.72. The normalized spacial score (nSPS) is 14.8. The van der Waals surface area contributed by atoms with Gasteiger partial charge in [0, 0.05) is 11.6 Å². The molecule has 0 radical (unpaired) electrons. The first-order valence-corrected chi connectivity index (χ1v) is 11.0. The van der Waals surface area contributed by atoms with Gasteiger partial charge in [-0.2, -0.15) is 0 Å². The Labute approximate surface area is 179 Å². The summed E-state index contributed by atoms with van der Waals surface area (Å²) < 4.78 is 5.98. The third kappa shape index (κ3) is 3.59. The van der Waals surface area contributed by atoms with Crippen LogP contribution in [0.2, 0.25) is 0 Å². The molecule has 1 aliphatic rings. The average molecular weight is 415 g/mol. The van der Waals surface area contributed by atoms with Crippen molar-refractivity contribution in [3.63, 3.8) is 0 Å². The molecule has 0 unspecified atom stereocenters. The zero-order valence-electron chi connectivity index (χ0n) is 16.8. The summed E-state index contributed by atoms with van der Waals surface area (Å²) >= 11 is 1.42. The maximum Gasteiger partial charge on any atom is 0.191 e. The fourth-order valence-corrected chi connectivity index (χ4v) is 4.52. The molecule has 150 valence electrons. The molecule has 5 rings (SSSR count). The predicted molar refractivity (Wildman–Crippen MR) is 118 cm³/mol. The molecular formula is C24H22N4OS. The second-order valence-corrected chi connectivity index (χ2v) is 8.56. The van der Waals surface area contributed by atoms with E-state index in [9.17, 15) is 0 Å². The molecule has 1 fully saturated rings. The van der Waals surface area contributed by atoms with Gasteiger partial charge in [-0.1, -0.05) is 59.7 Å². The fourth-order valence-electron chi connectivity index (χ4n) is 4.02. The van der Waals surface area contributed by atoms with Crippen LogP contribution in [0.25, 0.3) is 10.8 Å². The number of nitrogens with zero attached hydrogens (tertiary/aromatic N) is 4. The van der Waals surface area contributed by atoms with Crippen LogP contribution in [0.15, 0.2) is 66.3 Å². The minimum atomic E-state index is 0.148. The van der Waals surface area contributed by atoms with Gasteiger partial charge < -0.3 is 4.74 Å². The van der Waals surface area contributed by atoms with E-state index in [2.05, 4.69) is 75.6 Å². The van der Waals surface area contributed by atoms with E-state index in [4.69, 9.17) is 4.74 Å². The van der Waals surface area contributed by atoms with Crippen LogP contribution in [0.3, 0.4) is 0 Å². The number of aromatic nitrogens is 4. The summed E-state index contributed by atoms with van der Waals surface area (Å²) in [6.07, 6.45) is 5.40. The second-order valence-electron chi connectivity index (χ2n) is 7.73. The van der Waals surface area contributed by atoms with Crippen molar-refractivity contribution in [1.29, 1.82) is 0 Å². The van der Waals surface area contributed by atoms with E-state index in [1.165, 1.54) is 47.3 Å². The van der Waals surface area contributed by atoms with Crippen molar-refractivity contribution in [2.75, 3.05) is 0 Å². The molecule has 30 heavy (non-hydrogen) atoms. The Kier molecular flexibility index (Phi) is 5.01. The highest BCUT2D eigenvalue weighted by atomic mass is 32.1. The van der Waals surface area contributed by atoms with Crippen molar-refractivity contribution < 1.29 is 4.74 Å². The van der Waals surface area contributed by atoms with Crippen LogP contribution in [-0.2, 0) is 12.0 Å². The van der Waals surface area contributed by atoms with Gasteiger partial charge >= 0.3 is 0 Å². The molecule has 0 amide bonds. The Bertz CT molecular complexity index is 1120. The quantitative estimate of drug-likeness (QED) is 0.425. The van der Waals surface area contributed by atoms with Crippen molar-refractivity contribution in [2.24, 2.45) is 0 Å². The molecular weight excluding hydrogens is 392 g/mol. The van der Waals surface area contributed by atoms with E-state index in [0.29, 0.717) is 17.4 Å². The van der Waals surface area contributed by atoms with E-state index in [1.54, 1.807) is 11.7 Å². The van der Waals surface area contributed by atoms with Gasteiger partial charge in [-0.05, 0) is 49.1 Å². The monoisotopic (exact) mass is 414 g/mol. The van der Waals surface area contributed by atoms with E-state index >= 15 is 0 Å². The summed E-state index contributed by atoms with van der Waals surface area (Å²) in [5, 5.41) is 8.58. The molecule has 0 spiro atoms. The SMILES string of the molecule is Cc1ccc(C2(c3ccc(OCc4ccnc(-c5nncs5)n4)cc3)CCC2)cc1. The van der Waals surface area contributed by atoms with Gasteiger partial charge in [-0.3, -0.25) is 0 Å². The van der Waals surface area contributed by atoms with Gasteiger partial charge in [0.05, 0.1) is 5.69 Å². The summed E-state index contributed by atoms with van der Waals surface area (Å²) in [4.78, 5) is 8.79. The number of hydrogen-bond acceptors (Lipinski definition) is 6. The van der Waals surface area contributed by atoms with Crippen LogP contribution in [0.1, 0.15) is 41.6 Å². The number of hydrogen-bond donors (Lipinski definition) is 0. The second kappa shape index (κ2) is 7.95. The molecule has 0 atom stereocenters. The van der Waals surface area contributed by atoms with Gasteiger partial charge in [0.1, 0.15) is 17.9 Å². The van der Waals surface area contributed by atoms with Crippen LogP contribution in [0.5, 0.6) is 5.75 Å². The van der Waals surface area contributed by atoms with Gasteiger partial charge in [0.25, 0.3) is 0 Å². The lowest BCUT2D eigenvalue weighted by Crippen LogP contribution is -2.35. The van der Waals surface area contributed by atoms with Crippen LogP contribution >= 0.6 is 11.3 Å². The number of rotatable bonds is 6. The van der Waals surface area contributed by atoms with Crippen LogP contribution in [0.4, 0.5) is 0 Å². The topological polar surface area (TPSA) is 60.8 Å². The summed E-state index contributed by atoms with van der Waals surface area (Å²) in [6.45, 7) is 2.52. The number of aryl methyl sites for hydroxylation is 1. The molecule has 1 aliphatic carbocycles. The maximum absolute atomic E-state index is 5.98. The highest BCUT2D eigenvalue weighted by Crippen LogP contribution is 2.49. The van der Waals surface area contributed by atoms with Gasteiger partial charge in [-0.15, -0.1) is 10.2 Å². The molecule has 4 aromatic rings. The summed E-state index contributed by atoms with van der Waals surface area (Å²) in [7, 11) is 0. The van der Waals surface area contributed by atoms with E-state index in [1.807, 2.05) is 6.07 Å². The predicted octanol–water partition coefficient (Wildman–Crippen LogP) is 5.35. The molecule has 6 heteroatoms. The first-order valence-electron chi connectivity index (χ1n) is 10.1.